The van der Waals surface area contributed by atoms with E-state index in [1.54, 1.807) is 0 Å². The molecule has 1 saturated heterocycles. The van der Waals surface area contributed by atoms with Crippen LogP contribution >= 0.6 is 0 Å². The number of halogens is 3. The Morgan fingerprint density at radius 1 is 1.32 bits per heavy atom. The Hall–Kier alpha value is -0.820. The van der Waals surface area contributed by atoms with Crippen molar-refractivity contribution in [1.82, 2.24) is 10.2 Å². The Morgan fingerprint density at radius 2 is 1.89 bits per heavy atom. The molecule has 1 N–H and O–H groups in total. The molecule has 0 aromatic heterocycles. The molecule has 1 amide bonds. The maximum Gasteiger partial charge on any atom is 0.411 e. The van der Waals surface area contributed by atoms with Crippen LogP contribution in [-0.4, -0.2) is 55.4 Å². The highest BCUT2D eigenvalue weighted by Crippen LogP contribution is 2.15. The normalized spacial score (nSPS) is 20.3. The molecule has 2 atom stereocenters. The van der Waals surface area contributed by atoms with Crippen LogP contribution in [0.4, 0.5) is 13.2 Å². The van der Waals surface area contributed by atoms with Crippen molar-refractivity contribution in [2.75, 3.05) is 26.2 Å². The molecule has 1 fully saturated rings. The van der Waals surface area contributed by atoms with Crippen LogP contribution in [0.5, 0.6) is 0 Å². The third kappa shape index (κ3) is 6.24. The SMILES string of the molecule is C[C@@H](OCC(F)(F)F)C(=O)NC[C@H](C)N1CCCC1. The van der Waals surface area contributed by atoms with Gasteiger partial charge in [-0.1, -0.05) is 0 Å². The number of ether oxygens (including phenoxy) is 1. The van der Waals surface area contributed by atoms with Crippen LogP contribution in [0.2, 0.25) is 0 Å². The lowest BCUT2D eigenvalue weighted by atomic mass is 10.3. The summed E-state index contributed by atoms with van der Waals surface area (Å²) in [6.07, 6.45) is -3.18. The van der Waals surface area contributed by atoms with Gasteiger partial charge in [0.15, 0.2) is 0 Å². The summed E-state index contributed by atoms with van der Waals surface area (Å²) in [5.41, 5.74) is 0. The smallest absolute Gasteiger partial charge is 0.359 e. The lowest BCUT2D eigenvalue weighted by molar-refractivity contribution is -0.185. The molecule has 0 aliphatic carbocycles. The second-order valence-electron chi connectivity index (χ2n) is 4.91. The number of rotatable bonds is 6. The van der Waals surface area contributed by atoms with Gasteiger partial charge >= 0.3 is 6.18 Å². The molecular formula is C12H21F3N2O2. The van der Waals surface area contributed by atoms with E-state index in [1.807, 2.05) is 6.92 Å². The molecule has 1 aliphatic heterocycles. The predicted molar refractivity (Wildman–Crippen MR) is 64.7 cm³/mol. The Balaban J connectivity index is 2.22. The van der Waals surface area contributed by atoms with Crippen molar-refractivity contribution in [2.24, 2.45) is 0 Å². The van der Waals surface area contributed by atoms with E-state index in [1.165, 1.54) is 6.92 Å². The number of likely N-dealkylation sites (tertiary alicyclic amines) is 1. The molecule has 0 spiro atoms. The number of hydrogen-bond acceptors (Lipinski definition) is 3. The quantitative estimate of drug-likeness (QED) is 0.804. The number of hydrogen-bond donors (Lipinski definition) is 1. The molecule has 0 aromatic rings. The van der Waals surface area contributed by atoms with Crippen LogP contribution < -0.4 is 5.32 Å². The van der Waals surface area contributed by atoms with Crippen LogP contribution in [0.3, 0.4) is 0 Å². The molecule has 19 heavy (non-hydrogen) atoms. The van der Waals surface area contributed by atoms with Gasteiger partial charge in [-0.25, -0.2) is 0 Å². The van der Waals surface area contributed by atoms with Gasteiger partial charge in [0.05, 0.1) is 0 Å². The average molecular weight is 282 g/mol. The number of nitrogens with one attached hydrogen (secondary N) is 1. The van der Waals surface area contributed by atoms with Crippen LogP contribution in [0, 0.1) is 0 Å². The van der Waals surface area contributed by atoms with E-state index < -0.39 is 24.8 Å². The lowest BCUT2D eigenvalue weighted by Gasteiger charge is -2.24. The molecular weight excluding hydrogens is 261 g/mol. The average Bonchev–Trinajstić information content (AvgIpc) is 2.85. The van der Waals surface area contributed by atoms with Gasteiger partial charge in [0.2, 0.25) is 5.91 Å². The Kier molecular flexibility index (Phi) is 6.06. The fourth-order valence-corrected chi connectivity index (χ4v) is 2.00. The van der Waals surface area contributed by atoms with Crippen LogP contribution in [0.25, 0.3) is 0 Å². The molecule has 1 heterocycles. The first kappa shape index (κ1) is 16.2. The molecule has 0 radical (unpaired) electrons. The van der Waals surface area contributed by atoms with E-state index in [0.29, 0.717) is 6.54 Å². The van der Waals surface area contributed by atoms with Crippen molar-refractivity contribution in [3.63, 3.8) is 0 Å². The first-order valence-corrected chi connectivity index (χ1v) is 6.49. The van der Waals surface area contributed by atoms with E-state index in [-0.39, 0.29) is 6.04 Å². The monoisotopic (exact) mass is 282 g/mol. The maximum absolute atomic E-state index is 11.9. The van der Waals surface area contributed by atoms with Gasteiger partial charge in [0.25, 0.3) is 0 Å². The largest absolute Gasteiger partial charge is 0.411 e. The van der Waals surface area contributed by atoms with Crippen LogP contribution in [-0.2, 0) is 9.53 Å². The Labute approximate surface area is 111 Å². The van der Waals surface area contributed by atoms with Crippen molar-refractivity contribution in [3.8, 4) is 0 Å². The first-order chi connectivity index (χ1) is 8.79. The molecule has 1 rings (SSSR count). The summed E-state index contributed by atoms with van der Waals surface area (Å²) in [6.45, 7) is 4.37. The molecule has 0 unspecified atom stereocenters. The summed E-state index contributed by atoms with van der Waals surface area (Å²) >= 11 is 0. The fraction of sp³-hybridized carbons (Fsp3) is 0.917. The van der Waals surface area contributed by atoms with Gasteiger partial charge in [0, 0.05) is 12.6 Å². The number of carbonyl (C=O) groups excluding carboxylic acids is 1. The highest BCUT2D eigenvalue weighted by molar-refractivity contribution is 5.80. The van der Waals surface area contributed by atoms with E-state index in [2.05, 4.69) is 15.0 Å². The highest BCUT2D eigenvalue weighted by Gasteiger charge is 2.30. The summed E-state index contributed by atoms with van der Waals surface area (Å²) in [5.74, 6) is -0.504. The number of nitrogens with zero attached hydrogens (tertiary/aromatic N) is 1. The number of carbonyl (C=O) groups is 1. The molecule has 0 saturated carbocycles. The van der Waals surface area contributed by atoms with Crippen molar-refractivity contribution < 1.29 is 22.7 Å². The zero-order valence-electron chi connectivity index (χ0n) is 11.3. The molecule has 0 aromatic carbocycles. The second kappa shape index (κ2) is 7.09. The minimum absolute atomic E-state index is 0.196. The maximum atomic E-state index is 11.9. The third-order valence-corrected chi connectivity index (χ3v) is 3.20. The standard InChI is InChI=1S/C12H21F3N2O2/c1-9(17-5-3-4-6-17)7-16-11(18)10(2)19-8-12(13,14)15/h9-10H,3-8H2,1-2H3,(H,16,18)/t9-,10+/m0/s1. The van der Waals surface area contributed by atoms with Gasteiger partial charge in [-0.15, -0.1) is 0 Å². The van der Waals surface area contributed by atoms with E-state index in [4.69, 9.17) is 0 Å². The highest BCUT2D eigenvalue weighted by atomic mass is 19.4. The third-order valence-electron chi connectivity index (χ3n) is 3.20. The van der Waals surface area contributed by atoms with Crippen LogP contribution in [0.15, 0.2) is 0 Å². The molecule has 7 heteroatoms. The summed E-state index contributed by atoms with van der Waals surface area (Å²) in [4.78, 5) is 13.8. The summed E-state index contributed by atoms with van der Waals surface area (Å²) in [7, 11) is 0. The molecule has 112 valence electrons. The van der Waals surface area contributed by atoms with E-state index in [0.717, 1.165) is 25.9 Å². The van der Waals surface area contributed by atoms with Crippen molar-refractivity contribution in [1.29, 1.82) is 0 Å². The van der Waals surface area contributed by atoms with Crippen molar-refractivity contribution in [3.05, 3.63) is 0 Å². The van der Waals surface area contributed by atoms with Gasteiger partial charge in [-0.05, 0) is 39.8 Å². The van der Waals surface area contributed by atoms with E-state index >= 15 is 0 Å². The predicted octanol–water partition coefficient (Wildman–Crippen LogP) is 1.55. The topological polar surface area (TPSA) is 41.6 Å². The summed E-state index contributed by atoms with van der Waals surface area (Å²) in [6, 6.07) is 0.196. The minimum atomic E-state index is -4.41. The van der Waals surface area contributed by atoms with E-state index in [9.17, 15) is 18.0 Å². The second-order valence-corrected chi connectivity index (χ2v) is 4.91. The van der Waals surface area contributed by atoms with Crippen LogP contribution in [0.1, 0.15) is 26.7 Å². The fourth-order valence-electron chi connectivity index (χ4n) is 2.00. The van der Waals surface area contributed by atoms with Gasteiger partial charge < -0.3 is 10.1 Å². The minimum Gasteiger partial charge on any atom is -0.359 e. The summed E-state index contributed by atoms with van der Waals surface area (Å²) < 4.78 is 40.3. The summed E-state index contributed by atoms with van der Waals surface area (Å²) in [5, 5.41) is 2.62. The number of alkyl halides is 3. The zero-order chi connectivity index (χ0) is 14.5. The van der Waals surface area contributed by atoms with Gasteiger partial charge in [0.1, 0.15) is 12.7 Å². The zero-order valence-corrected chi connectivity index (χ0v) is 11.3. The lowest BCUT2D eigenvalue weighted by Crippen LogP contribution is -2.44. The van der Waals surface area contributed by atoms with Gasteiger partial charge in [-0.3, -0.25) is 9.69 Å². The molecule has 1 aliphatic rings. The van der Waals surface area contributed by atoms with Crippen molar-refractivity contribution in [2.45, 2.75) is 45.0 Å². The molecule has 4 nitrogen and oxygen atoms in total. The number of amides is 1. The Morgan fingerprint density at radius 3 is 2.42 bits per heavy atom. The van der Waals surface area contributed by atoms with Crippen molar-refractivity contribution >= 4 is 5.91 Å². The first-order valence-electron chi connectivity index (χ1n) is 6.49. The Bertz CT molecular complexity index is 291. The molecule has 0 bridgehead atoms. The van der Waals surface area contributed by atoms with Gasteiger partial charge in [-0.2, -0.15) is 13.2 Å².